The summed E-state index contributed by atoms with van der Waals surface area (Å²) in [6.45, 7) is 2.90. The van der Waals surface area contributed by atoms with E-state index in [1.165, 1.54) is 0 Å². The molecule has 1 saturated heterocycles. The second-order valence-electron chi connectivity index (χ2n) is 8.13. The molecule has 1 fully saturated rings. The summed E-state index contributed by atoms with van der Waals surface area (Å²) in [5, 5.41) is 2.77. The smallest absolute Gasteiger partial charge is 0.309 e. The Bertz CT molecular complexity index is 1100. The van der Waals surface area contributed by atoms with Crippen molar-refractivity contribution in [2.24, 2.45) is 5.92 Å². The number of oxazole rings is 1. The number of ketones is 1. The number of Topliss-reactive ketones (excluding diaryl/α,β-unsaturated/α-hetero) is 1. The van der Waals surface area contributed by atoms with E-state index < -0.39 is 0 Å². The average molecular weight is 450 g/mol. The highest BCUT2D eigenvalue weighted by Gasteiger charge is 2.28. The summed E-state index contributed by atoms with van der Waals surface area (Å²) < 4.78 is 11.1. The number of amides is 1. The maximum atomic E-state index is 12.5. The van der Waals surface area contributed by atoms with Crippen LogP contribution < -0.4 is 10.2 Å². The Morgan fingerprint density at radius 1 is 1.09 bits per heavy atom. The Morgan fingerprint density at radius 2 is 1.82 bits per heavy atom. The van der Waals surface area contributed by atoms with Gasteiger partial charge in [0.1, 0.15) is 5.52 Å². The predicted molar refractivity (Wildman–Crippen MR) is 124 cm³/mol. The highest BCUT2D eigenvalue weighted by atomic mass is 16.5. The number of anilines is 2. The summed E-state index contributed by atoms with van der Waals surface area (Å²) in [4.78, 5) is 43.1. The van der Waals surface area contributed by atoms with E-state index in [0.29, 0.717) is 49.6 Å². The molecule has 0 spiro atoms. The van der Waals surface area contributed by atoms with E-state index in [0.717, 1.165) is 17.5 Å². The molecule has 0 saturated carbocycles. The van der Waals surface area contributed by atoms with Crippen molar-refractivity contribution in [1.82, 2.24) is 4.98 Å². The molecule has 0 radical (unpaired) electrons. The van der Waals surface area contributed by atoms with Gasteiger partial charge in [-0.25, -0.2) is 0 Å². The Kier molecular flexibility index (Phi) is 7.02. The molecule has 0 atom stereocenters. The monoisotopic (exact) mass is 449 g/mol. The number of ether oxygens (including phenoxy) is 1. The molecule has 33 heavy (non-hydrogen) atoms. The molecule has 1 N–H and O–H groups in total. The van der Waals surface area contributed by atoms with Gasteiger partial charge in [-0.1, -0.05) is 19.1 Å². The van der Waals surface area contributed by atoms with Gasteiger partial charge in [-0.3, -0.25) is 14.4 Å². The molecule has 2 aromatic carbocycles. The maximum Gasteiger partial charge on any atom is 0.309 e. The van der Waals surface area contributed by atoms with Gasteiger partial charge in [0.2, 0.25) is 5.91 Å². The summed E-state index contributed by atoms with van der Waals surface area (Å²) in [5.74, 6) is -0.954. The molecule has 8 heteroatoms. The number of carbonyl (C=O) groups is 3. The van der Waals surface area contributed by atoms with Crippen LogP contribution in [0.3, 0.4) is 0 Å². The van der Waals surface area contributed by atoms with Crippen molar-refractivity contribution < 1.29 is 23.5 Å². The number of para-hydroxylation sites is 2. The molecular formula is C25H27N3O5. The highest BCUT2D eigenvalue weighted by Crippen LogP contribution is 2.26. The van der Waals surface area contributed by atoms with Gasteiger partial charge < -0.3 is 19.4 Å². The van der Waals surface area contributed by atoms with Gasteiger partial charge in [0.15, 0.2) is 18.0 Å². The molecule has 1 amide bonds. The van der Waals surface area contributed by atoms with E-state index in [9.17, 15) is 14.4 Å². The number of nitrogens with one attached hydrogen (secondary N) is 1. The van der Waals surface area contributed by atoms with Crippen LogP contribution in [0.25, 0.3) is 11.1 Å². The first-order valence-corrected chi connectivity index (χ1v) is 11.2. The third-order valence-electron chi connectivity index (χ3n) is 5.69. The second-order valence-corrected chi connectivity index (χ2v) is 8.13. The Hall–Kier alpha value is -3.68. The number of carbonyl (C=O) groups excluding carboxylic acids is 3. The number of hydrogen-bond acceptors (Lipinski definition) is 7. The zero-order chi connectivity index (χ0) is 23.2. The van der Waals surface area contributed by atoms with E-state index in [1.807, 2.05) is 36.1 Å². The zero-order valence-corrected chi connectivity index (χ0v) is 18.6. The van der Waals surface area contributed by atoms with Crippen LogP contribution in [0.5, 0.6) is 0 Å². The molecule has 2 heterocycles. The maximum absolute atomic E-state index is 12.5. The molecule has 1 aromatic heterocycles. The summed E-state index contributed by atoms with van der Waals surface area (Å²) >= 11 is 0. The molecular weight excluding hydrogens is 422 g/mol. The number of rotatable bonds is 8. The molecule has 1 aliphatic rings. The first kappa shape index (κ1) is 22.5. The SMILES string of the molecule is CCCC(=O)Nc1ccc(C(=O)COC(=O)C2CCN(c3nc4ccccc4o3)CC2)cc1. The van der Waals surface area contributed by atoms with Crippen LogP contribution in [0.1, 0.15) is 43.0 Å². The minimum atomic E-state index is -0.357. The number of hydrogen-bond donors (Lipinski definition) is 1. The minimum absolute atomic E-state index is 0.0624. The average Bonchev–Trinajstić information content (AvgIpc) is 3.27. The van der Waals surface area contributed by atoms with Crippen molar-refractivity contribution in [2.45, 2.75) is 32.6 Å². The van der Waals surface area contributed by atoms with Crippen LogP contribution in [0.15, 0.2) is 52.9 Å². The van der Waals surface area contributed by atoms with Gasteiger partial charge in [-0.15, -0.1) is 0 Å². The summed E-state index contributed by atoms with van der Waals surface area (Å²) in [7, 11) is 0. The molecule has 0 aliphatic carbocycles. The number of aromatic nitrogens is 1. The molecule has 8 nitrogen and oxygen atoms in total. The normalized spacial score (nSPS) is 14.3. The molecule has 1 aliphatic heterocycles. The van der Waals surface area contributed by atoms with E-state index in [4.69, 9.17) is 9.15 Å². The molecule has 4 rings (SSSR count). The van der Waals surface area contributed by atoms with Crippen LogP contribution in [0, 0.1) is 5.92 Å². The molecule has 172 valence electrons. The lowest BCUT2D eigenvalue weighted by atomic mass is 9.97. The van der Waals surface area contributed by atoms with Crippen molar-refractivity contribution >= 4 is 40.5 Å². The Morgan fingerprint density at radius 3 is 2.52 bits per heavy atom. The van der Waals surface area contributed by atoms with E-state index in [-0.39, 0.29) is 30.2 Å². The van der Waals surface area contributed by atoms with Crippen LogP contribution in [0.2, 0.25) is 0 Å². The second kappa shape index (κ2) is 10.3. The molecule has 0 bridgehead atoms. The third-order valence-corrected chi connectivity index (χ3v) is 5.69. The first-order chi connectivity index (χ1) is 16.0. The van der Waals surface area contributed by atoms with Crippen LogP contribution in [-0.2, 0) is 14.3 Å². The third kappa shape index (κ3) is 5.58. The fourth-order valence-corrected chi connectivity index (χ4v) is 3.83. The van der Waals surface area contributed by atoms with Gasteiger partial charge in [0, 0.05) is 30.8 Å². The Labute approximate surface area is 191 Å². The van der Waals surface area contributed by atoms with Crippen molar-refractivity contribution in [3.63, 3.8) is 0 Å². The van der Waals surface area contributed by atoms with E-state index in [1.54, 1.807) is 24.3 Å². The lowest BCUT2D eigenvalue weighted by Crippen LogP contribution is -2.37. The van der Waals surface area contributed by atoms with Gasteiger partial charge in [-0.05, 0) is 55.7 Å². The largest absolute Gasteiger partial charge is 0.457 e. The lowest BCUT2D eigenvalue weighted by molar-refractivity contribution is -0.148. The van der Waals surface area contributed by atoms with Crippen LogP contribution >= 0.6 is 0 Å². The van der Waals surface area contributed by atoms with Gasteiger partial charge in [0.25, 0.3) is 6.01 Å². The fourth-order valence-electron chi connectivity index (χ4n) is 3.83. The van der Waals surface area contributed by atoms with Crippen molar-refractivity contribution in [1.29, 1.82) is 0 Å². The number of benzene rings is 2. The molecule has 3 aromatic rings. The fraction of sp³-hybridized carbons (Fsp3) is 0.360. The summed E-state index contributed by atoms with van der Waals surface area (Å²) in [6, 6.07) is 14.7. The van der Waals surface area contributed by atoms with Crippen molar-refractivity contribution in [3.8, 4) is 0 Å². The molecule has 0 unspecified atom stereocenters. The standard InChI is InChI=1S/C25H27N3O5/c1-2-5-23(30)26-19-10-8-17(9-11-19)21(29)16-32-24(31)18-12-14-28(15-13-18)25-27-20-6-3-4-7-22(20)33-25/h3-4,6-11,18H,2,5,12-16H2,1H3,(H,26,30). The predicted octanol–water partition coefficient (Wildman–Crippen LogP) is 4.21. The number of nitrogens with zero attached hydrogens (tertiary/aromatic N) is 2. The summed E-state index contributed by atoms with van der Waals surface area (Å²) in [6.07, 6.45) is 2.43. The lowest BCUT2D eigenvalue weighted by Gasteiger charge is -2.29. The van der Waals surface area contributed by atoms with E-state index >= 15 is 0 Å². The minimum Gasteiger partial charge on any atom is -0.457 e. The summed E-state index contributed by atoms with van der Waals surface area (Å²) in [5.41, 5.74) is 2.61. The zero-order valence-electron chi connectivity index (χ0n) is 18.6. The Balaban J connectivity index is 1.23. The first-order valence-electron chi connectivity index (χ1n) is 11.2. The van der Waals surface area contributed by atoms with Gasteiger partial charge in [-0.2, -0.15) is 4.98 Å². The van der Waals surface area contributed by atoms with Crippen molar-refractivity contribution in [3.05, 3.63) is 54.1 Å². The quantitative estimate of drug-likeness (QED) is 0.406. The van der Waals surface area contributed by atoms with Gasteiger partial charge in [0.05, 0.1) is 5.92 Å². The van der Waals surface area contributed by atoms with Crippen molar-refractivity contribution in [2.75, 3.05) is 29.9 Å². The van der Waals surface area contributed by atoms with Crippen LogP contribution in [0.4, 0.5) is 11.7 Å². The number of fused-ring (bicyclic) bond motifs is 1. The number of piperidine rings is 1. The van der Waals surface area contributed by atoms with Crippen LogP contribution in [-0.4, -0.2) is 42.3 Å². The highest BCUT2D eigenvalue weighted by molar-refractivity contribution is 5.99. The number of esters is 1. The van der Waals surface area contributed by atoms with E-state index in [2.05, 4.69) is 10.3 Å². The topological polar surface area (TPSA) is 102 Å². The van der Waals surface area contributed by atoms with Gasteiger partial charge >= 0.3 is 5.97 Å².